The summed E-state index contributed by atoms with van der Waals surface area (Å²) in [6, 6.07) is 0. The summed E-state index contributed by atoms with van der Waals surface area (Å²) in [6.45, 7) is 0. The molecule has 1 N–H and O–H groups in total. The first kappa shape index (κ1) is 9.21. The molecule has 2 rings (SSSR count). The zero-order valence-electron chi connectivity index (χ0n) is 6.88. The Kier molecular flexibility index (Phi) is 2.19. The van der Waals surface area contributed by atoms with Crippen LogP contribution in [0.3, 0.4) is 0 Å². The number of halogens is 1. The van der Waals surface area contributed by atoms with Crippen molar-refractivity contribution in [1.29, 1.82) is 0 Å². The molecule has 0 saturated carbocycles. The Morgan fingerprint density at radius 3 is 2.77 bits per heavy atom. The summed E-state index contributed by atoms with van der Waals surface area (Å²) in [5, 5.41) is 6.83. The molecule has 2 heterocycles. The topological polar surface area (TPSA) is 62.8 Å². The van der Waals surface area contributed by atoms with Gasteiger partial charge in [-0.15, -0.1) is 0 Å². The number of fused-ring (bicyclic) bond motifs is 1. The van der Waals surface area contributed by atoms with Crippen molar-refractivity contribution in [3.63, 3.8) is 0 Å². The summed E-state index contributed by atoms with van der Waals surface area (Å²) in [5.74, 6) is 0.465. The highest BCUT2D eigenvalue weighted by molar-refractivity contribution is 9.10. The van der Waals surface area contributed by atoms with Crippen LogP contribution in [0.2, 0.25) is 0 Å². The third-order valence-corrected chi connectivity index (χ3v) is 4.54. The molecule has 0 radical (unpaired) electrons. The zero-order valence-corrected chi connectivity index (χ0v) is 9.28. The van der Waals surface area contributed by atoms with Gasteiger partial charge in [0.25, 0.3) is 0 Å². The second-order valence-corrected chi connectivity index (χ2v) is 6.18. The van der Waals surface area contributed by atoms with E-state index in [0.29, 0.717) is 12.8 Å². The molecule has 1 aromatic rings. The third kappa shape index (κ3) is 1.78. The second kappa shape index (κ2) is 3.09. The van der Waals surface area contributed by atoms with Crippen LogP contribution in [0.4, 0.5) is 0 Å². The van der Waals surface area contributed by atoms with Crippen LogP contribution in [-0.2, 0) is 22.7 Å². The summed E-state index contributed by atoms with van der Waals surface area (Å²) in [6.07, 6.45) is 1.12. The number of hydrogen-bond acceptors (Lipinski definition) is 3. The van der Waals surface area contributed by atoms with Gasteiger partial charge in [0, 0.05) is 17.7 Å². The molecule has 1 aliphatic heterocycles. The molecule has 13 heavy (non-hydrogen) atoms. The number of sulfone groups is 1. The van der Waals surface area contributed by atoms with E-state index >= 15 is 0 Å². The van der Waals surface area contributed by atoms with E-state index in [1.807, 2.05) is 0 Å². The lowest BCUT2D eigenvalue weighted by Gasteiger charge is -1.95. The van der Waals surface area contributed by atoms with Gasteiger partial charge >= 0.3 is 0 Å². The maximum Gasteiger partial charge on any atom is 0.151 e. The molecule has 0 aromatic carbocycles. The van der Waals surface area contributed by atoms with Gasteiger partial charge in [-0.2, -0.15) is 5.10 Å². The molecule has 1 aromatic heterocycles. The van der Waals surface area contributed by atoms with E-state index in [9.17, 15) is 8.42 Å². The van der Waals surface area contributed by atoms with Gasteiger partial charge in [-0.1, -0.05) is 0 Å². The van der Waals surface area contributed by atoms with Gasteiger partial charge in [0.05, 0.1) is 11.5 Å². The Morgan fingerprint density at radius 1 is 1.31 bits per heavy atom. The quantitative estimate of drug-likeness (QED) is 0.750. The van der Waals surface area contributed by atoms with E-state index in [1.165, 1.54) is 0 Å². The van der Waals surface area contributed by atoms with Crippen molar-refractivity contribution in [2.24, 2.45) is 0 Å². The monoisotopic (exact) mass is 264 g/mol. The minimum atomic E-state index is -2.84. The van der Waals surface area contributed by atoms with Crippen LogP contribution in [0.1, 0.15) is 11.3 Å². The van der Waals surface area contributed by atoms with Crippen LogP contribution in [0.5, 0.6) is 0 Å². The fourth-order valence-corrected chi connectivity index (χ4v) is 3.21. The van der Waals surface area contributed by atoms with Crippen molar-refractivity contribution in [3.05, 3.63) is 15.9 Å². The average Bonchev–Trinajstić information content (AvgIpc) is 2.32. The molecule has 0 aliphatic carbocycles. The lowest BCUT2D eigenvalue weighted by atomic mass is 10.2. The van der Waals surface area contributed by atoms with E-state index in [-0.39, 0.29) is 11.5 Å². The number of aryl methyl sites for hydroxylation is 1. The number of nitrogens with one attached hydrogen (secondary N) is 1. The average molecular weight is 265 g/mol. The van der Waals surface area contributed by atoms with Gasteiger partial charge in [0.2, 0.25) is 0 Å². The van der Waals surface area contributed by atoms with Crippen molar-refractivity contribution < 1.29 is 8.42 Å². The molecule has 4 nitrogen and oxygen atoms in total. The van der Waals surface area contributed by atoms with Crippen molar-refractivity contribution in [2.45, 2.75) is 12.8 Å². The molecular weight excluding hydrogens is 256 g/mol. The number of rotatable bonds is 0. The van der Waals surface area contributed by atoms with Crippen LogP contribution < -0.4 is 0 Å². The number of H-pyrrole nitrogens is 1. The number of hydrogen-bond donors (Lipinski definition) is 1. The molecule has 0 unspecified atom stereocenters. The minimum Gasteiger partial charge on any atom is -0.281 e. The maximum atomic E-state index is 11.3. The first-order valence-corrected chi connectivity index (χ1v) is 6.62. The predicted molar refractivity (Wildman–Crippen MR) is 52.3 cm³/mol. The third-order valence-electron chi connectivity index (χ3n) is 2.23. The molecule has 0 spiro atoms. The summed E-state index contributed by atoms with van der Waals surface area (Å²) in [4.78, 5) is 0. The summed E-state index contributed by atoms with van der Waals surface area (Å²) < 4.78 is 23.3. The van der Waals surface area contributed by atoms with Crippen molar-refractivity contribution in [3.8, 4) is 0 Å². The van der Waals surface area contributed by atoms with Gasteiger partial charge in [-0.05, 0) is 22.4 Å². The second-order valence-electron chi connectivity index (χ2n) is 3.12. The first-order chi connectivity index (χ1) is 6.08. The van der Waals surface area contributed by atoms with Crippen molar-refractivity contribution >= 4 is 25.8 Å². The first-order valence-electron chi connectivity index (χ1n) is 4.00. The molecule has 0 amide bonds. The van der Waals surface area contributed by atoms with E-state index in [4.69, 9.17) is 0 Å². The number of aromatic nitrogens is 2. The lowest BCUT2D eigenvalue weighted by molar-refractivity contribution is 0.595. The standard InChI is InChI=1S/C7H9BrN2O2S/c8-7-5-1-3-13(11,12)4-2-6(5)9-10-7/h1-4H2,(H,9,10). The summed E-state index contributed by atoms with van der Waals surface area (Å²) >= 11 is 3.29. The van der Waals surface area contributed by atoms with Crippen molar-refractivity contribution in [1.82, 2.24) is 10.2 Å². The number of aromatic amines is 1. The van der Waals surface area contributed by atoms with E-state index < -0.39 is 9.84 Å². The Morgan fingerprint density at radius 2 is 2.00 bits per heavy atom. The Bertz CT molecular complexity index is 424. The summed E-state index contributed by atoms with van der Waals surface area (Å²) in [5.41, 5.74) is 1.97. The molecule has 0 bridgehead atoms. The highest BCUT2D eigenvalue weighted by Gasteiger charge is 2.21. The number of nitrogens with zero attached hydrogens (tertiary/aromatic N) is 1. The predicted octanol–water partition coefficient (Wildman–Crippen LogP) is 0.686. The molecule has 0 saturated heterocycles. The normalized spacial score (nSPS) is 20.7. The maximum absolute atomic E-state index is 11.3. The lowest BCUT2D eigenvalue weighted by Crippen LogP contribution is -2.11. The van der Waals surface area contributed by atoms with E-state index in [0.717, 1.165) is 15.9 Å². The van der Waals surface area contributed by atoms with Gasteiger partial charge in [0.15, 0.2) is 9.84 Å². The Hall–Kier alpha value is -0.360. The summed E-state index contributed by atoms with van der Waals surface area (Å²) in [7, 11) is -2.84. The van der Waals surface area contributed by atoms with Gasteiger partial charge < -0.3 is 0 Å². The van der Waals surface area contributed by atoms with Crippen LogP contribution in [0, 0.1) is 0 Å². The molecule has 0 atom stereocenters. The zero-order chi connectivity index (χ0) is 9.47. The van der Waals surface area contributed by atoms with E-state index in [2.05, 4.69) is 26.1 Å². The van der Waals surface area contributed by atoms with Crippen LogP contribution in [0.25, 0.3) is 0 Å². The SMILES string of the molecule is O=S1(=O)CCc2[nH]nc(Br)c2CC1. The molecule has 1 aliphatic rings. The molecule has 0 fully saturated rings. The Balaban J connectivity index is 2.38. The van der Waals surface area contributed by atoms with Gasteiger partial charge in [-0.25, -0.2) is 8.42 Å². The fourth-order valence-electron chi connectivity index (χ4n) is 1.45. The molecule has 72 valence electrons. The Labute approximate surface area is 84.8 Å². The van der Waals surface area contributed by atoms with Gasteiger partial charge in [0.1, 0.15) is 4.60 Å². The van der Waals surface area contributed by atoms with E-state index in [1.54, 1.807) is 0 Å². The van der Waals surface area contributed by atoms with Crippen LogP contribution >= 0.6 is 15.9 Å². The minimum absolute atomic E-state index is 0.231. The molecular formula is C7H9BrN2O2S. The van der Waals surface area contributed by atoms with Crippen LogP contribution in [-0.4, -0.2) is 30.1 Å². The van der Waals surface area contributed by atoms with Crippen molar-refractivity contribution in [2.75, 3.05) is 11.5 Å². The largest absolute Gasteiger partial charge is 0.281 e. The molecule has 6 heteroatoms. The highest BCUT2D eigenvalue weighted by atomic mass is 79.9. The highest BCUT2D eigenvalue weighted by Crippen LogP contribution is 2.22. The van der Waals surface area contributed by atoms with Crippen LogP contribution in [0.15, 0.2) is 4.60 Å². The smallest absolute Gasteiger partial charge is 0.151 e. The fraction of sp³-hybridized carbons (Fsp3) is 0.571. The van der Waals surface area contributed by atoms with Gasteiger partial charge in [-0.3, -0.25) is 5.10 Å².